The number of ether oxygens (including phenoxy) is 1. The van der Waals surface area contributed by atoms with E-state index in [4.69, 9.17) is 10.5 Å². The van der Waals surface area contributed by atoms with Gasteiger partial charge in [0, 0.05) is 19.1 Å². The zero-order chi connectivity index (χ0) is 12.4. The summed E-state index contributed by atoms with van der Waals surface area (Å²) in [5.41, 5.74) is 7.27. The summed E-state index contributed by atoms with van der Waals surface area (Å²) < 4.78 is 7.65. The molecule has 1 aromatic rings. The van der Waals surface area contributed by atoms with Gasteiger partial charge in [0.2, 0.25) is 0 Å². The van der Waals surface area contributed by atoms with Gasteiger partial charge in [-0.25, -0.2) is 4.98 Å². The average Bonchev–Trinajstić information content (AvgIpc) is 2.58. The molecule has 4 nitrogen and oxygen atoms in total. The van der Waals surface area contributed by atoms with E-state index >= 15 is 0 Å². The lowest BCUT2D eigenvalue weighted by atomic mass is 9.98. The number of nitrogen functional groups attached to an aromatic ring is 1. The first kappa shape index (κ1) is 12.4. The highest BCUT2D eigenvalue weighted by Gasteiger charge is 2.23. The van der Waals surface area contributed by atoms with E-state index < -0.39 is 0 Å². The van der Waals surface area contributed by atoms with Gasteiger partial charge in [-0.3, -0.25) is 0 Å². The first-order valence-corrected chi connectivity index (χ1v) is 6.49. The molecule has 17 heavy (non-hydrogen) atoms. The molecule has 0 aliphatic carbocycles. The largest absolute Gasteiger partial charge is 0.384 e. The maximum atomic E-state index is 6.23. The predicted octanol–water partition coefficient (Wildman–Crippen LogP) is 2.32. The fourth-order valence-electron chi connectivity index (χ4n) is 2.46. The van der Waals surface area contributed by atoms with Crippen molar-refractivity contribution >= 4 is 5.82 Å². The minimum Gasteiger partial charge on any atom is -0.384 e. The monoisotopic (exact) mass is 237 g/mol. The zero-order valence-corrected chi connectivity index (χ0v) is 11.1. The number of hydrogen-bond acceptors (Lipinski definition) is 3. The number of aryl methyl sites for hydroxylation is 1. The summed E-state index contributed by atoms with van der Waals surface area (Å²) in [6.45, 7) is 9.01. The molecule has 1 atom stereocenters. The van der Waals surface area contributed by atoms with Crippen LogP contribution in [0.3, 0.4) is 0 Å². The Morgan fingerprint density at radius 1 is 1.53 bits per heavy atom. The van der Waals surface area contributed by atoms with E-state index in [1.807, 2.05) is 6.92 Å². The number of nitrogens with two attached hydrogens (primary N) is 1. The van der Waals surface area contributed by atoms with Crippen LogP contribution in [0.25, 0.3) is 0 Å². The van der Waals surface area contributed by atoms with Gasteiger partial charge in [0.05, 0.1) is 12.3 Å². The Morgan fingerprint density at radius 2 is 2.29 bits per heavy atom. The Bertz CT molecular complexity index is 378. The third-order valence-electron chi connectivity index (χ3n) is 3.32. The third-order valence-corrected chi connectivity index (χ3v) is 3.32. The van der Waals surface area contributed by atoms with Crippen LogP contribution in [0, 0.1) is 12.8 Å². The summed E-state index contributed by atoms with van der Waals surface area (Å²) in [5.74, 6) is 2.83. The van der Waals surface area contributed by atoms with Crippen molar-refractivity contribution in [1.29, 1.82) is 0 Å². The Morgan fingerprint density at radius 3 is 2.88 bits per heavy atom. The lowest BCUT2D eigenvalue weighted by molar-refractivity contribution is 0.0796. The summed E-state index contributed by atoms with van der Waals surface area (Å²) in [4.78, 5) is 4.64. The van der Waals surface area contributed by atoms with Gasteiger partial charge in [-0.05, 0) is 25.7 Å². The lowest BCUT2D eigenvalue weighted by Crippen LogP contribution is -2.17. The molecular formula is C13H23N3O. The standard InChI is InChI=1S/C13H23N3O/c1-9(2)7-16-10(3)15-12(13(16)14)11-5-4-6-17-8-11/h9,11H,4-8,14H2,1-3H3. The van der Waals surface area contributed by atoms with Gasteiger partial charge in [0.15, 0.2) is 0 Å². The van der Waals surface area contributed by atoms with E-state index in [1.165, 1.54) is 0 Å². The molecular weight excluding hydrogens is 214 g/mol. The molecule has 1 aliphatic rings. The molecule has 96 valence electrons. The second kappa shape index (κ2) is 5.08. The molecule has 1 unspecified atom stereocenters. The molecule has 2 N–H and O–H groups in total. The number of imidazole rings is 1. The smallest absolute Gasteiger partial charge is 0.127 e. The molecule has 0 spiro atoms. The molecule has 0 radical (unpaired) electrons. The molecule has 2 rings (SSSR count). The van der Waals surface area contributed by atoms with Gasteiger partial charge in [-0.2, -0.15) is 0 Å². The van der Waals surface area contributed by atoms with Crippen molar-refractivity contribution in [3.05, 3.63) is 11.5 Å². The van der Waals surface area contributed by atoms with E-state index in [1.54, 1.807) is 0 Å². The van der Waals surface area contributed by atoms with Crippen LogP contribution in [0.2, 0.25) is 0 Å². The first-order valence-electron chi connectivity index (χ1n) is 6.49. The minimum atomic E-state index is 0.385. The van der Waals surface area contributed by atoms with Gasteiger partial charge in [0.25, 0.3) is 0 Å². The molecule has 4 heteroatoms. The van der Waals surface area contributed by atoms with Gasteiger partial charge in [-0.1, -0.05) is 13.8 Å². The third kappa shape index (κ3) is 2.63. The van der Waals surface area contributed by atoms with Crippen molar-refractivity contribution in [2.24, 2.45) is 5.92 Å². The number of aromatic nitrogens is 2. The van der Waals surface area contributed by atoms with Crippen molar-refractivity contribution in [1.82, 2.24) is 9.55 Å². The molecule has 0 bridgehead atoms. The zero-order valence-electron chi connectivity index (χ0n) is 11.1. The summed E-state index contributed by atoms with van der Waals surface area (Å²) in [5, 5.41) is 0. The van der Waals surface area contributed by atoms with E-state index in [0.29, 0.717) is 11.8 Å². The molecule has 1 aromatic heterocycles. The van der Waals surface area contributed by atoms with Crippen molar-refractivity contribution in [3.8, 4) is 0 Å². The Hall–Kier alpha value is -1.03. The van der Waals surface area contributed by atoms with Crippen LogP contribution >= 0.6 is 0 Å². The Balaban J connectivity index is 2.23. The van der Waals surface area contributed by atoms with Crippen LogP contribution < -0.4 is 5.73 Å². The normalized spacial score (nSPS) is 21.1. The summed E-state index contributed by atoms with van der Waals surface area (Å²) in [6.07, 6.45) is 2.25. The van der Waals surface area contributed by atoms with Gasteiger partial charge in [-0.15, -0.1) is 0 Å². The highest BCUT2D eigenvalue weighted by Crippen LogP contribution is 2.29. The van der Waals surface area contributed by atoms with Crippen molar-refractivity contribution < 1.29 is 4.74 Å². The molecule has 2 heterocycles. The number of rotatable bonds is 3. The van der Waals surface area contributed by atoms with E-state index in [9.17, 15) is 0 Å². The predicted molar refractivity (Wildman–Crippen MR) is 69.0 cm³/mol. The SMILES string of the molecule is Cc1nc(C2CCCOC2)c(N)n1CC(C)C. The van der Waals surface area contributed by atoms with Crippen LogP contribution in [0.4, 0.5) is 5.82 Å². The van der Waals surface area contributed by atoms with Crippen LogP contribution in [0.1, 0.15) is 44.1 Å². The molecule has 1 saturated heterocycles. The Kier molecular flexibility index (Phi) is 3.72. The second-order valence-electron chi connectivity index (χ2n) is 5.35. The molecule has 0 amide bonds. The van der Waals surface area contributed by atoms with E-state index in [0.717, 1.165) is 49.9 Å². The van der Waals surface area contributed by atoms with Gasteiger partial charge in [0.1, 0.15) is 11.6 Å². The van der Waals surface area contributed by atoms with Gasteiger partial charge < -0.3 is 15.0 Å². The van der Waals surface area contributed by atoms with Crippen LogP contribution in [-0.2, 0) is 11.3 Å². The average molecular weight is 237 g/mol. The molecule has 1 aliphatic heterocycles. The topological polar surface area (TPSA) is 53.1 Å². The van der Waals surface area contributed by atoms with Crippen LogP contribution in [0.5, 0.6) is 0 Å². The fraction of sp³-hybridized carbons (Fsp3) is 0.769. The minimum absolute atomic E-state index is 0.385. The van der Waals surface area contributed by atoms with Crippen molar-refractivity contribution in [2.75, 3.05) is 18.9 Å². The number of anilines is 1. The van der Waals surface area contributed by atoms with E-state index in [2.05, 4.69) is 23.4 Å². The summed E-state index contributed by atoms with van der Waals surface area (Å²) >= 11 is 0. The second-order valence-corrected chi connectivity index (χ2v) is 5.35. The fourth-order valence-corrected chi connectivity index (χ4v) is 2.46. The highest BCUT2D eigenvalue weighted by molar-refractivity contribution is 5.40. The van der Waals surface area contributed by atoms with Crippen LogP contribution in [0.15, 0.2) is 0 Å². The maximum Gasteiger partial charge on any atom is 0.127 e. The van der Waals surface area contributed by atoms with Crippen molar-refractivity contribution in [2.45, 2.75) is 46.1 Å². The summed E-state index contributed by atoms with van der Waals surface area (Å²) in [6, 6.07) is 0. The summed E-state index contributed by atoms with van der Waals surface area (Å²) in [7, 11) is 0. The first-order chi connectivity index (χ1) is 8.09. The highest BCUT2D eigenvalue weighted by atomic mass is 16.5. The molecule has 0 aromatic carbocycles. The lowest BCUT2D eigenvalue weighted by Gasteiger charge is -2.21. The molecule has 0 saturated carbocycles. The van der Waals surface area contributed by atoms with Crippen LogP contribution in [-0.4, -0.2) is 22.8 Å². The van der Waals surface area contributed by atoms with E-state index in [-0.39, 0.29) is 0 Å². The van der Waals surface area contributed by atoms with Gasteiger partial charge >= 0.3 is 0 Å². The number of hydrogen-bond donors (Lipinski definition) is 1. The Labute approximate surface area is 103 Å². The van der Waals surface area contributed by atoms with Crippen molar-refractivity contribution in [3.63, 3.8) is 0 Å². The molecule has 1 fully saturated rings. The maximum absolute atomic E-state index is 6.23. The number of nitrogens with zero attached hydrogens (tertiary/aromatic N) is 2. The quantitative estimate of drug-likeness (QED) is 0.877.